The van der Waals surface area contributed by atoms with Crippen LogP contribution in [0, 0.1) is 10.1 Å². The van der Waals surface area contributed by atoms with Gasteiger partial charge in [-0.3, -0.25) is 20.2 Å². The SMILES string of the molecule is O=C(Nc1ccc(C(F)(F)F)cc1[N+](=O)[O-])C1CSCN1. The lowest BCUT2D eigenvalue weighted by molar-refractivity contribution is -0.384. The molecule has 0 bridgehead atoms. The summed E-state index contributed by atoms with van der Waals surface area (Å²) >= 11 is 1.48. The predicted molar refractivity (Wildman–Crippen MR) is 71.0 cm³/mol. The van der Waals surface area contributed by atoms with Crippen molar-refractivity contribution in [3.63, 3.8) is 0 Å². The van der Waals surface area contributed by atoms with Crippen LogP contribution in [0.25, 0.3) is 0 Å². The molecule has 114 valence electrons. The van der Waals surface area contributed by atoms with Crippen molar-refractivity contribution in [2.24, 2.45) is 0 Å². The molecule has 0 saturated carbocycles. The maximum atomic E-state index is 12.5. The van der Waals surface area contributed by atoms with E-state index in [4.69, 9.17) is 0 Å². The van der Waals surface area contributed by atoms with Gasteiger partial charge in [0.15, 0.2) is 0 Å². The van der Waals surface area contributed by atoms with Crippen LogP contribution < -0.4 is 10.6 Å². The molecule has 0 radical (unpaired) electrons. The number of carbonyl (C=O) groups excluding carboxylic acids is 1. The highest BCUT2D eigenvalue weighted by Crippen LogP contribution is 2.35. The second kappa shape index (κ2) is 5.90. The lowest BCUT2D eigenvalue weighted by Gasteiger charge is -2.12. The first-order valence-electron chi connectivity index (χ1n) is 5.76. The highest BCUT2D eigenvalue weighted by atomic mass is 32.2. The normalized spacial score (nSPS) is 18.5. The monoisotopic (exact) mass is 321 g/mol. The fourth-order valence-electron chi connectivity index (χ4n) is 1.75. The number of hydrogen-bond donors (Lipinski definition) is 2. The van der Waals surface area contributed by atoms with Gasteiger partial charge in [0.05, 0.1) is 16.5 Å². The maximum Gasteiger partial charge on any atom is 0.416 e. The quantitative estimate of drug-likeness (QED) is 0.659. The van der Waals surface area contributed by atoms with Crippen LogP contribution in [0.5, 0.6) is 0 Å². The zero-order valence-corrected chi connectivity index (χ0v) is 11.3. The topological polar surface area (TPSA) is 84.3 Å². The van der Waals surface area contributed by atoms with Crippen molar-refractivity contribution in [3.05, 3.63) is 33.9 Å². The van der Waals surface area contributed by atoms with E-state index in [1.807, 2.05) is 0 Å². The lowest BCUT2D eigenvalue weighted by atomic mass is 10.1. The fourth-order valence-corrected chi connectivity index (χ4v) is 2.69. The van der Waals surface area contributed by atoms with Gasteiger partial charge in [0, 0.05) is 17.7 Å². The number of hydrogen-bond acceptors (Lipinski definition) is 5. The van der Waals surface area contributed by atoms with Gasteiger partial charge < -0.3 is 5.32 Å². The zero-order valence-electron chi connectivity index (χ0n) is 10.4. The molecule has 1 atom stereocenters. The molecular formula is C11H10F3N3O3S. The Morgan fingerprint density at radius 1 is 1.48 bits per heavy atom. The number of rotatable bonds is 3. The van der Waals surface area contributed by atoms with Gasteiger partial charge in [-0.15, -0.1) is 11.8 Å². The highest BCUT2D eigenvalue weighted by molar-refractivity contribution is 7.99. The number of alkyl halides is 3. The van der Waals surface area contributed by atoms with Crippen molar-refractivity contribution in [3.8, 4) is 0 Å². The fraction of sp³-hybridized carbons (Fsp3) is 0.364. The number of thioether (sulfide) groups is 1. The van der Waals surface area contributed by atoms with Crippen LogP contribution in [-0.2, 0) is 11.0 Å². The Bertz CT molecular complexity index is 574. The van der Waals surface area contributed by atoms with E-state index in [0.29, 0.717) is 23.8 Å². The summed E-state index contributed by atoms with van der Waals surface area (Å²) in [6.07, 6.45) is -4.68. The minimum Gasteiger partial charge on any atom is -0.319 e. The molecule has 0 spiro atoms. The Hall–Kier alpha value is -1.81. The number of benzene rings is 1. The second-order valence-corrected chi connectivity index (χ2v) is 5.28. The molecule has 1 amide bonds. The van der Waals surface area contributed by atoms with Gasteiger partial charge in [0.1, 0.15) is 5.69 Å². The van der Waals surface area contributed by atoms with Crippen molar-refractivity contribution in [1.29, 1.82) is 0 Å². The molecular weight excluding hydrogens is 311 g/mol. The van der Waals surface area contributed by atoms with Gasteiger partial charge in [-0.1, -0.05) is 0 Å². The number of anilines is 1. The summed E-state index contributed by atoms with van der Waals surface area (Å²) < 4.78 is 37.6. The van der Waals surface area contributed by atoms with Crippen molar-refractivity contribution in [2.75, 3.05) is 16.9 Å². The molecule has 1 aromatic carbocycles. The molecule has 1 aliphatic heterocycles. The number of amides is 1. The summed E-state index contributed by atoms with van der Waals surface area (Å²) in [5.41, 5.74) is -2.18. The first kappa shape index (κ1) is 15.6. The van der Waals surface area contributed by atoms with E-state index in [0.717, 1.165) is 6.07 Å². The standard InChI is InChI=1S/C11H10F3N3O3S/c12-11(13,14)6-1-2-7(9(3-6)17(19)20)16-10(18)8-4-21-5-15-8/h1-3,8,15H,4-5H2,(H,16,18). The molecule has 6 nitrogen and oxygen atoms in total. The predicted octanol–water partition coefficient (Wildman–Crippen LogP) is 2.21. The first-order valence-corrected chi connectivity index (χ1v) is 6.92. The minimum atomic E-state index is -4.68. The smallest absolute Gasteiger partial charge is 0.319 e. The van der Waals surface area contributed by atoms with E-state index in [1.54, 1.807) is 0 Å². The van der Waals surface area contributed by atoms with Gasteiger partial charge >= 0.3 is 6.18 Å². The Balaban J connectivity index is 2.26. The summed E-state index contributed by atoms with van der Waals surface area (Å²) in [5.74, 6) is 0.566. The molecule has 0 aromatic heterocycles. The van der Waals surface area contributed by atoms with E-state index >= 15 is 0 Å². The van der Waals surface area contributed by atoms with E-state index in [-0.39, 0.29) is 5.69 Å². The van der Waals surface area contributed by atoms with Crippen LogP contribution in [0.4, 0.5) is 24.5 Å². The average Bonchev–Trinajstić information content (AvgIpc) is 2.91. The molecule has 1 aliphatic rings. The van der Waals surface area contributed by atoms with Gasteiger partial charge in [-0.05, 0) is 12.1 Å². The molecule has 0 aliphatic carbocycles. The molecule has 1 fully saturated rings. The van der Waals surface area contributed by atoms with Gasteiger partial charge in [-0.25, -0.2) is 0 Å². The molecule has 2 N–H and O–H groups in total. The van der Waals surface area contributed by atoms with Crippen LogP contribution in [0.15, 0.2) is 18.2 Å². The summed E-state index contributed by atoms with van der Waals surface area (Å²) in [7, 11) is 0. The largest absolute Gasteiger partial charge is 0.416 e. The number of nitrogens with one attached hydrogen (secondary N) is 2. The molecule has 1 saturated heterocycles. The third kappa shape index (κ3) is 3.64. The van der Waals surface area contributed by atoms with E-state index in [9.17, 15) is 28.1 Å². The third-order valence-electron chi connectivity index (χ3n) is 2.81. The number of nitro groups is 1. The van der Waals surface area contributed by atoms with Gasteiger partial charge in [0.2, 0.25) is 5.91 Å². The van der Waals surface area contributed by atoms with Gasteiger partial charge in [-0.2, -0.15) is 13.2 Å². The minimum absolute atomic E-state index is 0.253. The highest BCUT2D eigenvalue weighted by Gasteiger charge is 2.33. The van der Waals surface area contributed by atoms with Gasteiger partial charge in [0.25, 0.3) is 5.69 Å². The zero-order chi connectivity index (χ0) is 15.6. The van der Waals surface area contributed by atoms with Crippen molar-refractivity contribution >= 4 is 29.0 Å². The molecule has 2 rings (SSSR count). The Morgan fingerprint density at radius 2 is 2.19 bits per heavy atom. The van der Waals surface area contributed by atoms with Crippen LogP contribution >= 0.6 is 11.8 Å². The summed E-state index contributed by atoms with van der Waals surface area (Å²) in [6, 6.07) is 1.48. The molecule has 1 heterocycles. The van der Waals surface area contributed by atoms with Crippen molar-refractivity contribution in [2.45, 2.75) is 12.2 Å². The van der Waals surface area contributed by atoms with Crippen LogP contribution in [0.1, 0.15) is 5.56 Å². The van der Waals surface area contributed by atoms with Crippen molar-refractivity contribution in [1.82, 2.24) is 5.32 Å². The Labute approximate surface area is 121 Å². The molecule has 10 heteroatoms. The summed E-state index contributed by atoms with van der Waals surface area (Å²) in [6.45, 7) is 0. The van der Waals surface area contributed by atoms with E-state index in [2.05, 4.69) is 10.6 Å². The average molecular weight is 321 g/mol. The van der Waals surface area contributed by atoms with Crippen LogP contribution in [-0.4, -0.2) is 28.5 Å². The Morgan fingerprint density at radius 3 is 2.71 bits per heavy atom. The van der Waals surface area contributed by atoms with Crippen molar-refractivity contribution < 1.29 is 22.9 Å². The van der Waals surface area contributed by atoms with Crippen LogP contribution in [0.2, 0.25) is 0 Å². The lowest BCUT2D eigenvalue weighted by Crippen LogP contribution is -2.37. The Kier molecular flexibility index (Phi) is 4.37. The third-order valence-corrected chi connectivity index (χ3v) is 3.75. The second-order valence-electron chi connectivity index (χ2n) is 4.25. The van der Waals surface area contributed by atoms with E-state index in [1.165, 1.54) is 11.8 Å². The molecule has 1 aromatic rings. The molecule has 21 heavy (non-hydrogen) atoms. The summed E-state index contributed by atoms with van der Waals surface area (Å²) in [5, 5.41) is 16.0. The number of nitro benzene ring substituents is 1. The molecule has 1 unspecified atom stereocenters. The van der Waals surface area contributed by atoms with Crippen LogP contribution in [0.3, 0.4) is 0 Å². The number of carbonyl (C=O) groups is 1. The maximum absolute atomic E-state index is 12.5. The van der Waals surface area contributed by atoms with E-state index < -0.39 is 34.3 Å². The number of halogens is 3. The first-order chi connectivity index (χ1) is 9.79. The summed E-state index contributed by atoms with van der Waals surface area (Å²) in [4.78, 5) is 21.8. The number of nitrogens with zero attached hydrogens (tertiary/aromatic N) is 1.